The third-order valence-corrected chi connectivity index (χ3v) is 3.94. The molecule has 0 amide bonds. The number of rotatable bonds is 5. The Morgan fingerprint density at radius 3 is 2.68 bits per heavy atom. The number of aliphatic hydroxyl groups excluding tert-OH is 1. The average molecular weight is 390 g/mol. The fourth-order valence-corrected chi connectivity index (χ4v) is 2.66. The minimum Gasteiger partial charge on any atom is -0.492 e. The molecule has 0 fully saturated rings. The fraction of sp³-hybridized carbons (Fsp3) is 0.286. The zero-order chi connectivity index (χ0) is 13.8. The van der Waals surface area contributed by atoms with Crippen molar-refractivity contribution < 1.29 is 14.3 Å². The van der Waals surface area contributed by atoms with Crippen LogP contribution in [0.2, 0.25) is 0 Å². The van der Waals surface area contributed by atoms with Crippen LogP contribution in [0.5, 0.6) is 5.75 Å². The molecule has 0 saturated heterocycles. The molecule has 0 saturated carbocycles. The zero-order valence-electron chi connectivity index (χ0n) is 10.4. The van der Waals surface area contributed by atoms with Gasteiger partial charge in [0.25, 0.3) is 0 Å². The van der Waals surface area contributed by atoms with Gasteiger partial charge in [0.15, 0.2) is 4.67 Å². The highest BCUT2D eigenvalue weighted by Crippen LogP contribution is 2.33. The van der Waals surface area contributed by atoms with E-state index in [0.717, 1.165) is 22.2 Å². The summed E-state index contributed by atoms with van der Waals surface area (Å²) in [5.74, 6) is 0.782. The van der Waals surface area contributed by atoms with Crippen LogP contribution < -0.4 is 4.74 Å². The predicted molar refractivity (Wildman–Crippen MR) is 80.4 cm³/mol. The molecule has 1 atom stereocenters. The number of aliphatic hydroxyl groups is 1. The summed E-state index contributed by atoms with van der Waals surface area (Å²) < 4.78 is 12.1. The maximum Gasteiger partial charge on any atom is 0.175 e. The molecule has 5 heteroatoms. The summed E-state index contributed by atoms with van der Waals surface area (Å²) in [6.07, 6.45) is 1.76. The van der Waals surface area contributed by atoms with Crippen molar-refractivity contribution in [3.8, 4) is 5.75 Å². The maximum absolute atomic E-state index is 10.3. The third kappa shape index (κ3) is 3.41. The highest BCUT2D eigenvalue weighted by molar-refractivity contribution is 9.10. The molecule has 0 aliphatic heterocycles. The predicted octanol–water partition coefficient (Wildman–Crippen LogP) is 4.68. The minimum atomic E-state index is -0.732. The average Bonchev–Trinajstić information content (AvgIpc) is 2.82. The lowest BCUT2D eigenvalue weighted by atomic mass is 10.0. The number of furan rings is 1. The normalized spacial score (nSPS) is 12.4. The summed E-state index contributed by atoms with van der Waals surface area (Å²) >= 11 is 6.72. The first-order valence-corrected chi connectivity index (χ1v) is 7.55. The standard InChI is InChI=1S/C14H14Br2O3/c1-2-6-18-12-4-3-9(8-11(12)15)13(17)10-5-7-19-14(10)16/h3-5,7-8,13,17H,2,6H2,1H3. The van der Waals surface area contributed by atoms with Crippen molar-refractivity contribution in [2.24, 2.45) is 0 Å². The number of benzene rings is 1. The van der Waals surface area contributed by atoms with E-state index in [0.29, 0.717) is 16.8 Å². The number of hydrogen-bond donors (Lipinski definition) is 1. The number of hydrogen-bond acceptors (Lipinski definition) is 3. The van der Waals surface area contributed by atoms with E-state index in [-0.39, 0.29) is 0 Å². The molecule has 1 aromatic carbocycles. The number of ether oxygens (including phenoxy) is 1. The van der Waals surface area contributed by atoms with Crippen molar-refractivity contribution >= 4 is 31.9 Å². The molecule has 1 aromatic heterocycles. The lowest BCUT2D eigenvalue weighted by molar-refractivity contribution is 0.217. The van der Waals surface area contributed by atoms with E-state index in [1.165, 1.54) is 6.26 Å². The summed E-state index contributed by atoms with van der Waals surface area (Å²) in [7, 11) is 0. The summed E-state index contributed by atoms with van der Waals surface area (Å²) in [5, 5.41) is 10.3. The first kappa shape index (κ1) is 14.6. The molecule has 2 aromatic rings. The fourth-order valence-electron chi connectivity index (χ4n) is 1.70. The Hall–Kier alpha value is -0.780. The summed E-state index contributed by atoms with van der Waals surface area (Å²) in [6, 6.07) is 7.30. The smallest absolute Gasteiger partial charge is 0.175 e. The van der Waals surface area contributed by atoms with Gasteiger partial charge in [0.1, 0.15) is 11.9 Å². The van der Waals surface area contributed by atoms with E-state index >= 15 is 0 Å². The van der Waals surface area contributed by atoms with Gasteiger partial charge in [0.2, 0.25) is 0 Å². The second-order valence-electron chi connectivity index (χ2n) is 4.09. The van der Waals surface area contributed by atoms with Gasteiger partial charge in [-0.1, -0.05) is 13.0 Å². The Balaban J connectivity index is 2.22. The molecule has 0 bridgehead atoms. The Labute approximate surface area is 128 Å². The second-order valence-corrected chi connectivity index (χ2v) is 5.67. The SMILES string of the molecule is CCCOc1ccc(C(O)c2ccoc2Br)cc1Br. The number of halogens is 2. The first-order chi connectivity index (χ1) is 9.13. The van der Waals surface area contributed by atoms with Crippen LogP contribution in [0.3, 0.4) is 0 Å². The van der Waals surface area contributed by atoms with E-state index < -0.39 is 6.10 Å². The van der Waals surface area contributed by atoms with Crippen molar-refractivity contribution in [3.05, 3.63) is 50.8 Å². The van der Waals surface area contributed by atoms with Crippen LogP contribution in [0, 0.1) is 0 Å². The molecule has 0 aliphatic carbocycles. The topological polar surface area (TPSA) is 42.6 Å². The van der Waals surface area contributed by atoms with Gasteiger partial charge in [-0.15, -0.1) is 0 Å². The van der Waals surface area contributed by atoms with Gasteiger partial charge in [0, 0.05) is 5.56 Å². The quantitative estimate of drug-likeness (QED) is 0.807. The molecule has 0 radical (unpaired) electrons. The van der Waals surface area contributed by atoms with Crippen LogP contribution in [-0.4, -0.2) is 11.7 Å². The Bertz CT molecular complexity index is 551. The molecule has 1 unspecified atom stereocenters. The van der Waals surface area contributed by atoms with Gasteiger partial charge in [-0.25, -0.2) is 0 Å². The van der Waals surface area contributed by atoms with Gasteiger partial charge >= 0.3 is 0 Å². The highest BCUT2D eigenvalue weighted by atomic mass is 79.9. The molecule has 19 heavy (non-hydrogen) atoms. The van der Waals surface area contributed by atoms with Crippen molar-refractivity contribution in [1.82, 2.24) is 0 Å². The van der Waals surface area contributed by atoms with Gasteiger partial charge in [-0.2, -0.15) is 0 Å². The van der Waals surface area contributed by atoms with E-state index in [2.05, 4.69) is 38.8 Å². The molecule has 1 heterocycles. The van der Waals surface area contributed by atoms with E-state index in [1.807, 2.05) is 18.2 Å². The Morgan fingerprint density at radius 2 is 2.11 bits per heavy atom. The minimum absolute atomic E-state index is 0.544. The van der Waals surface area contributed by atoms with Crippen molar-refractivity contribution in [3.63, 3.8) is 0 Å². The van der Waals surface area contributed by atoms with Gasteiger partial charge in [-0.05, 0) is 62.0 Å². The van der Waals surface area contributed by atoms with Crippen LogP contribution in [0.4, 0.5) is 0 Å². The molecule has 1 N–H and O–H groups in total. The molecular formula is C14H14Br2O3. The molecule has 0 aliphatic rings. The third-order valence-electron chi connectivity index (χ3n) is 2.67. The lowest BCUT2D eigenvalue weighted by Crippen LogP contribution is -2.01. The lowest BCUT2D eigenvalue weighted by Gasteiger charge is -2.13. The molecule has 102 valence electrons. The Morgan fingerprint density at radius 1 is 1.32 bits per heavy atom. The van der Waals surface area contributed by atoms with Gasteiger partial charge < -0.3 is 14.3 Å². The summed E-state index contributed by atoms with van der Waals surface area (Å²) in [4.78, 5) is 0. The van der Waals surface area contributed by atoms with Crippen molar-refractivity contribution in [2.45, 2.75) is 19.4 Å². The second kappa shape index (κ2) is 6.59. The van der Waals surface area contributed by atoms with Crippen LogP contribution in [0.25, 0.3) is 0 Å². The van der Waals surface area contributed by atoms with Gasteiger partial charge in [0.05, 0.1) is 17.3 Å². The van der Waals surface area contributed by atoms with Crippen LogP contribution in [0.1, 0.15) is 30.6 Å². The van der Waals surface area contributed by atoms with Crippen molar-refractivity contribution in [1.29, 1.82) is 0 Å². The van der Waals surface area contributed by atoms with Crippen LogP contribution in [-0.2, 0) is 0 Å². The Kier molecular flexibility index (Phi) is 5.07. The van der Waals surface area contributed by atoms with E-state index in [9.17, 15) is 5.11 Å². The highest BCUT2D eigenvalue weighted by Gasteiger charge is 2.17. The molecular weight excluding hydrogens is 376 g/mol. The van der Waals surface area contributed by atoms with Crippen LogP contribution in [0.15, 0.2) is 44.1 Å². The first-order valence-electron chi connectivity index (χ1n) is 5.96. The van der Waals surface area contributed by atoms with Crippen LogP contribution >= 0.6 is 31.9 Å². The largest absolute Gasteiger partial charge is 0.492 e. The summed E-state index contributed by atoms with van der Waals surface area (Å²) in [6.45, 7) is 2.73. The molecule has 2 rings (SSSR count). The molecule has 3 nitrogen and oxygen atoms in total. The van der Waals surface area contributed by atoms with E-state index in [1.54, 1.807) is 6.07 Å². The zero-order valence-corrected chi connectivity index (χ0v) is 13.6. The van der Waals surface area contributed by atoms with Crippen molar-refractivity contribution in [2.75, 3.05) is 6.61 Å². The molecule has 0 spiro atoms. The monoisotopic (exact) mass is 388 g/mol. The van der Waals surface area contributed by atoms with Gasteiger partial charge in [-0.3, -0.25) is 0 Å². The maximum atomic E-state index is 10.3. The summed E-state index contributed by atoms with van der Waals surface area (Å²) in [5.41, 5.74) is 1.48. The van der Waals surface area contributed by atoms with E-state index in [4.69, 9.17) is 9.15 Å².